The van der Waals surface area contributed by atoms with Gasteiger partial charge in [-0.3, -0.25) is 18.9 Å². The Bertz CT molecular complexity index is 2640. The Kier molecular flexibility index (Phi) is 8.96. The topological polar surface area (TPSA) is 144 Å². The van der Waals surface area contributed by atoms with Crippen LogP contribution in [0.25, 0.3) is 22.0 Å². The van der Waals surface area contributed by atoms with Gasteiger partial charge in [0.2, 0.25) is 15.9 Å². The minimum Gasteiger partial charge on any atom is -0.378 e. The van der Waals surface area contributed by atoms with Gasteiger partial charge >= 0.3 is 6.18 Å². The van der Waals surface area contributed by atoms with Crippen molar-refractivity contribution in [1.82, 2.24) is 29.9 Å². The van der Waals surface area contributed by atoms with Crippen molar-refractivity contribution in [3.8, 4) is 23.0 Å². The molecule has 2 saturated carbocycles. The predicted molar refractivity (Wildman–Crippen MR) is 191 cm³/mol. The van der Waals surface area contributed by atoms with Gasteiger partial charge in [-0.15, -0.1) is 0 Å². The first kappa shape index (κ1) is 38.4. The molecule has 19 heteroatoms. The Hall–Kier alpha value is -5.48. The largest absolute Gasteiger partial charge is 0.435 e. The van der Waals surface area contributed by atoms with Crippen molar-refractivity contribution in [3.63, 3.8) is 0 Å². The van der Waals surface area contributed by atoms with Crippen molar-refractivity contribution >= 4 is 32.7 Å². The predicted octanol–water partition coefficient (Wildman–Crippen LogP) is 6.08. The number of pyridine rings is 1. The van der Waals surface area contributed by atoms with E-state index >= 15 is 8.78 Å². The smallest absolute Gasteiger partial charge is 0.378 e. The summed E-state index contributed by atoms with van der Waals surface area (Å²) in [6.07, 6.45) is -3.03. The second kappa shape index (κ2) is 13.3. The molecule has 3 atom stereocenters. The lowest BCUT2D eigenvalue weighted by Gasteiger charge is -2.30. The quantitative estimate of drug-likeness (QED) is 0.121. The molecule has 11 nitrogen and oxygen atoms in total. The maximum atomic E-state index is 15.4. The van der Waals surface area contributed by atoms with Gasteiger partial charge in [-0.2, -0.15) is 32.1 Å². The molecule has 5 aromatic rings. The average Bonchev–Trinajstić information content (AvgIpc) is 3.64. The summed E-state index contributed by atoms with van der Waals surface area (Å²) < 4.78 is 130. The number of halogens is 7. The molecule has 3 N–H and O–H groups in total. The third kappa shape index (κ3) is 7.20. The number of para-hydroxylation sites is 1. The molecule has 0 spiro atoms. The lowest BCUT2D eigenvalue weighted by molar-refractivity contribution is -0.142. The number of rotatable bonds is 9. The van der Waals surface area contributed by atoms with E-state index in [0.29, 0.717) is 40.1 Å². The van der Waals surface area contributed by atoms with Crippen LogP contribution in [0.4, 0.5) is 36.6 Å². The Balaban J connectivity index is 1.26. The van der Waals surface area contributed by atoms with Gasteiger partial charge in [0.15, 0.2) is 11.5 Å². The first-order valence-corrected chi connectivity index (χ1v) is 19.6. The molecule has 3 heterocycles. The molecule has 57 heavy (non-hydrogen) atoms. The number of benzene rings is 2. The van der Waals surface area contributed by atoms with Crippen LogP contribution < -0.4 is 10.0 Å². The van der Waals surface area contributed by atoms with E-state index in [1.165, 1.54) is 10.7 Å². The van der Waals surface area contributed by atoms with Crippen molar-refractivity contribution < 1.29 is 49.1 Å². The fourth-order valence-corrected chi connectivity index (χ4v) is 8.31. The van der Waals surface area contributed by atoms with Gasteiger partial charge in [-0.25, -0.2) is 22.2 Å². The molecule has 2 aromatic carbocycles. The minimum absolute atomic E-state index is 0.00194. The number of hydrogen-bond acceptors (Lipinski definition) is 7. The lowest BCUT2D eigenvalue weighted by atomic mass is 9.81. The van der Waals surface area contributed by atoms with Crippen LogP contribution in [0.1, 0.15) is 71.5 Å². The van der Waals surface area contributed by atoms with Gasteiger partial charge in [-0.05, 0) is 79.8 Å². The number of nitrogens with zero attached hydrogens (tertiary/aromatic N) is 5. The zero-order valence-corrected chi connectivity index (χ0v) is 30.9. The highest BCUT2D eigenvalue weighted by Crippen LogP contribution is 2.68. The van der Waals surface area contributed by atoms with Crippen LogP contribution in [0.5, 0.6) is 0 Å². The second-order valence-corrected chi connectivity index (χ2v) is 16.5. The van der Waals surface area contributed by atoms with Crippen LogP contribution in [-0.4, -0.2) is 55.8 Å². The van der Waals surface area contributed by atoms with Gasteiger partial charge in [-0.1, -0.05) is 18.1 Å². The molecule has 2 fully saturated rings. The molecule has 0 radical (unpaired) electrons. The number of nitrogens with one attached hydrogen (secondary N) is 2. The highest BCUT2D eigenvalue weighted by molar-refractivity contribution is 7.92. The number of aryl methyl sites for hydroxylation is 1. The zero-order valence-electron chi connectivity index (χ0n) is 30.1. The third-order valence-corrected chi connectivity index (χ3v) is 11.1. The van der Waals surface area contributed by atoms with Crippen LogP contribution in [0, 0.1) is 29.4 Å². The van der Waals surface area contributed by atoms with Crippen LogP contribution >= 0.6 is 0 Å². The van der Waals surface area contributed by atoms with Gasteiger partial charge in [0.1, 0.15) is 35.2 Å². The van der Waals surface area contributed by atoms with E-state index in [9.17, 15) is 40.3 Å². The highest BCUT2D eigenvalue weighted by Gasteiger charge is 2.68. The van der Waals surface area contributed by atoms with Crippen molar-refractivity contribution in [3.05, 3.63) is 94.1 Å². The first-order chi connectivity index (χ1) is 26.7. The molecule has 3 aromatic heterocycles. The number of alkyl halides is 5. The number of fused-ring (bicyclic) bond motifs is 4. The number of sulfonamides is 1. The Morgan fingerprint density at radius 2 is 1.79 bits per heavy atom. The Morgan fingerprint density at radius 3 is 2.44 bits per heavy atom. The Labute approximate surface area is 320 Å². The van der Waals surface area contributed by atoms with Crippen LogP contribution in [0.3, 0.4) is 0 Å². The second-order valence-electron chi connectivity index (χ2n) is 14.8. The van der Waals surface area contributed by atoms with Crippen molar-refractivity contribution in [2.24, 2.45) is 13.0 Å². The summed E-state index contributed by atoms with van der Waals surface area (Å²) >= 11 is 0. The molecule has 3 aliphatic rings. The maximum Gasteiger partial charge on any atom is 0.435 e. The van der Waals surface area contributed by atoms with Crippen LogP contribution in [0.15, 0.2) is 48.5 Å². The first-order valence-electron chi connectivity index (χ1n) is 17.7. The van der Waals surface area contributed by atoms with Gasteiger partial charge in [0.25, 0.3) is 5.92 Å². The summed E-state index contributed by atoms with van der Waals surface area (Å²) in [5.74, 6) is -3.40. The fourth-order valence-electron chi connectivity index (χ4n) is 7.81. The summed E-state index contributed by atoms with van der Waals surface area (Å²) in [4.78, 5) is 18.6. The number of hydrogen-bond donors (Lipinski definition) is 3. The fraction of sp³-hybridized carbons (Fsp3) is 0.368. The van der Waals surface area contributed by atoms with E-state index in [2.05, 4.69) is 32.1 Å². The lowest BCUT2D eigenvalue weighted by Crippen LogP contribution is -2.35. The number of aromatic nitrogens is 5. The number of carbonyl (C=O) groups excluding carboxylic acids is 1. The zero-order chi connectivity index (χ0) is 40.8. The number of anilines is 1. The van der Waals surface area contributed by atoms with E-state index in [1.54, 1.807) is 31.3 Å². The summed E-state index contributed by atoms with van der Waals surface area (Å²) in [7, 11) is -2.22. The minimum atomic E-state index is -5.07. The molecule has 8 rings (SSSR count). The Morgan fingerprint density at radius 1 is 1.07 bits per heavy atom. The monoisotopic (exact) mass is 815 g/mol. The number of carbonyl (C=O) groups is 1. The van der Waals surface area contributed by atoms with Gasteiger partial charge in [0.05, 0.1) is 23.5 Å². The molecule has 0 bridgehead atoms. The molecule has 298 valence electrons. The standard InChI is InChI=1S/C38H32F7N7O4S/c1-51-32-24(5-3-6-25(32)35(49-51)50-57(2,55)56)23-8-7-22(9-12-36(54)10-4-11-36)46-31(23)28(15-19-13-20(39)16-21(40)14-19)47-29(53)18-52-34-30(33(48-52)38(43,44)45)26-17-27(26)37(34,41)42/h3,5-8,13-14,16,26-28,54H,4,10-11,15,17-18H2,1-2H3,(H,47,53)(H,49,50)/t26-,27+,28-/m0/s1. The molecular formula is C38H32F7N7O4S. The maximum absolute atomic E-state index is 15.4. The van der Waals surface area contributed by atoms with Crippen LogP contribution in [-0.2, 0) is 46.9 Å². The summed E-state index contributed by atoms with van der Waals surface area (Å²) in [5.41, 5.74) is -3.12. The van der Waals surface area contributed by atoms with Crippen LogP contribution in [0.2, 0.25) is 0 Å². The van der Waals surface area contributed by atoms with Crippen molar-refractivity contribution in [2.75, 3.05) is 11.0 Å². The van der Waals surface area contributed by atoms with Gasteiger partial charge in [0, 0.05) is 41.1 Å². The SMILES string of the molecule is Cn1nc(NS(C)(=O)=O)c2cccc(-c3ccc(C#CC4(O)CCC4)nc3[C@H](Cc3cc(F)cc(F)c3)NC(=O)Cn3nc(C(F)(F)F)c4c3C(F)(F)[C@@H]3C[C@H]43)c21. The van der Waals surface area contributed by atoms with E-state index < -0.39 is 86.6 Å². The summed E-state index contributed by atoms with van der Waals surface area (Å²) in [6.45, 7) is -1.07. The molecular weight excluding hydrogens is 784 g/mol. The normalized spacial score (nSPS) is 19.5. The van der Waals surface area contributed by atoms with Crippen molar-refractivity contribution in [1.29, 1.82) is 0 Å². The van der Waals surface area contributed by atoms with E-state index in [-0.39, 0.29) is 41.2 Å². The summed E-state index contributed by atoms with van der Waals surface area (Å²) in [6, 6.07) is 9.27. The van der Waals surface area contributed by atoms with Gasteiger partial charge < -0.3 is 10.4 Å². The highest BCUT2D eigenvalue weighted by atomic mass is 32.2. The number of amides is 1. The van der Waals surface area contributed by atoms with E-state index in [4.69, 9.17) is 4.98 Å². The molecule has 0 aliphatic heterocycles. The molecule has 0 unspecified atom stereocenters. The molecule has 1 amide bonds. The average molecular weight is 816 g/mol. The summed E-state index contributed by atoms with van der Waals surface area (Å²) in [5, 5.41) is 21.5. The molecule has 3 aliphatic carbocycles. The van der Waals surface area contributed by atoms with E-state index in [0.717, 1.165) is 24.8 Å². The molecule has 0 saturated heterocycles. The number of aliphatic hydroxyl groups is 1. The van der Waals surface area contributed by atoms with E-state index in [1.807, 2.05) is 0 Å². The van der Waals surface area contributed by atoms with Crippen molar-refractivity contribution in [2.45, 2.75) is 68.3 Å². The third-order valence-electron chi connectivity index (χ3n) is 10.5.